The number of esters is 1. The SMILES string of the molecule is COC(=O)CCCNC(=S)N1CC[NH+](Cc2cccc(Cl)c2)CC1. The molecule has 0 spiro atoms. The summed E-state index contributed by atoms with van der Waals surface area (Å²) in [5, 5.41) is 4.80. The number of halogens is 1. The van der Waals surface area contributed by atoms with Crippen molar-refractivity contribution in [3.8, 4) is 0 Å². The largest absolute Gasteiger partial charge is 0.469 e. The molecule has 0 unspecified atom stereocenters. The summed E-state index contributed by atoms with van der Waals surface area (Å²) in [6.07, 6.45) is 1.15. The third-order valence-corrected chi connectivity index (χ3v) is 4.80. The summed E-state index contributed by atoms with van der Waals surface area (Å²) in [6.45, 7) is 5.68. The minimum absolute atomic E-state index is 0.180. The van der Waals surface area contributed by atoms with Gasteiger partial charge in [0.25, 0.3) is 0 Å². The zero-order valence-electron chi connectivity index (χ0n) is 14.0. The molecule has 7 heteroatoms. The van der Waals surface area contributed by atoms with E-state index in [1.807, 2.05) is 18.2 Å². The molecule has 1 aromatic carbocycles. The minimum atomic E-state index is -0.180. The predicted octanol–water partition coefficient (Wildman–Crippen LogP) is 0.868. The fourth-order valence-corrected chi connectivity index (χ4v) is 3.28. The van der Waals surface area contributed by atoms with Crippen LogP contribution in [0.15, 0.2) is 24.3 Å². The van der Waals surface area contributed by atoms with Gasteiger partial charge >= 0.3 is 5.97 Å². The highest BCUT2D eigenvalue weighted by molar-refractivity contribution is 7.80. The van der Waals surface area contributed by atoms with Gasteiger partial charge in [0.1, 0.15) is 6.54 Å². The summed E-state index contributed by atoms with van der Waals surface area (Å²) >= 11 is 11.5. The number of benzene rings is 1. The van der Waals surface area contributed by atoms with Crippen molar-refractivity contribution < 1.29 is 14.4 Å². The van der Waals surface area contributed by atoms with Crippen LogP contribution in [0, 0.1) is 0 Å². The van der Waals surface area contributed by atoms with Crippen LogP contribution in [-0.4, -0.2) is 55.8 Å². The first-order chi connectivity index (χ1) is 11.6. The lowest BCUT2D eigenvalue weighted by Crippen LogP contribution is -3.13. The highest BCUT2D eigenvalue weighted by Gasteiger charge is 2.21. The molecule has 1 aliphatic heterocycles. The lowest BCUT2D eigenvalue weighted by atomic mass is 10.2. The van der Waals surface area contributed by atoms with Gasteiger partial charge in [0.05, 0.1) is 33.3 Å². The second-order valence-electron chi connectivity index (χ2n) is 5.96. The molecule has 1 saturated heterocycles. The Morgan fingerprint density at radius 1 is 1.42 bits per heavy atom. The molecule has 1 heterocycles. The predicted molar refractivity (Wildman–Crippen MR) is 99.3 cm³/mol. The number of hydrogen-bond acceptors (Lipinski definition) is 3. The van der Waals surface area contributed by atoms with Gasteiger partial charge in [-0.1, -0.05) is 23.7 Å². The maximum atomic E-state index is 11.1. The first kappa shape index (κ1) is 19.0. The Balaban J connectivity index is 1.66. The zero-order chi connectivity index (χ0) is 17.4. The number of rotatable bonds is 6. The first-order valence-corrected chi connectivity index (χ1v) is 9.04. The molecule has 1 fully saturated rings. The second kappa shape index (κ2) is 9.81. The van der Waals surface area contributed by atoms with E-state index < -0.39 is 0 Å². The number of nitrogens with one attached hydrogen (secondary N) is 2. The lowest BCUT2D eigenvalue weighted by Gasteiger charge is -2.34. The van der Waals surface area contributed by atoms with Crippen LogP contribution in [0.1, 0.15) is 18.4 Å². The van der Waals surface area contributed by atoms with E-state index in [1.54, 1.807) is 4.90 Å². The molecule has 0 aliphatic carbocycles. The van der Waals surface area contributed by atoms with Crippen LogP contribution in [0.3, 0.4) is 0 Å². The van der Waals surface area contributed by atoms with Crippen molar-refractivity contribution in [1.82, 2.24) is 10.2 Å². The maximum absolute atomic E-state index is 11.1. The summed E-state index contributed by atoms with van der Waals surface area (Å²) < 4.78 is 4.62. The van der Waals surface area contributed by atoms with E-state index in [2.05, 4.69) is 21.0 Å². The molecule has 0 aromatic heterocycles. The minimum Gasteiger partial charge on any atom is -0.469 e. The van der Waals surface area contributed by atoms with Crippen LogP contribution in [0.25, 0.3) is 0 Å². The highest BCUT2D eigenvalue weighted by Crippen LogP contribution is 2.09. The zero-order valence-corrected chi connectivity index (χ0v) is 15.6. The smallest absolute Gasteiger partial charge is 0.305 e. The third kappa shape index (κ3) is 6.26. The molecule has 24 heavy (non-hydrogen) atoms. The third-order valence-electron chi connectivity index (χ3n) is 4.16. The molecular weight excluding hydrogens is 346 g/mol. The van der Waals surface area contributed by atoms with Crippen LogP contribution in [-0.2, 0) is 16.1 Å². The number of piperazine rings is 1. The topological polar surface area (TPSA) is 46.0 Å². The van der Waals surface area contributed by atoms with Crippen LogP contribution < -0.4 is 10.2 Å². The molecule has 1 aliphatic rings. The monoisotopic (exact) mass is 370 g/mol. The number of carbonyl (C=O) groups excluding carboxylic acids is 1. The molecule has 132 valence electrons. The number of nitrogens with zero attached hydrogens (tertiary/aromatic N) is 1. The molecule has 1 aromatic rings. The van der Waals surface area contributed by atoms with Gasteiger partial charge in [0, 0.05) is 23.6 Å². The van der Waals surface area contributed by atoms with Crippen molar-refractivity contribution in [2.45, 2.75) is 19.4 Å². The summed E-state index contributed by atoms with van der Waals surface area (Å²) in [5.74, 6) is -0.180. The molecule has 0 bridgehead atoms. The molecular formula is C17H25ClN3O2S+. The van der Waals surface area contributed by atoms with Gasteiger partial charge in [0.15, 0.2) is 5.11 Å². The Bertz CT molecular complexity index is 563. The molecule has 0 radical (unpaired) electrons. The van der Waals surface area contributed by atoms with Crippen LogP contribution in [0.4, 0.5) is 0 Å². The van der Waals surface area contributed by atoms with Crippen LogP contribution >= 0.6 is 23.8 Å². The molecule has 0 amide bonds. The summed E-state index contributed by atoms with van der Waals surface area (Å²) in [7, 11) is 1.41. The average molecular weight is 371 g/mol. The fourth-order valence-electron chi connectivity index (χ4n) is 2.78. The fraction of sp³-hybridized carbons (Fsp3) is 0.529. The van der Waals surface area contributed by atoms with E-state index >= 15 is 0 Å². The van der Waals surface area contributed by atoms with Crippen molar-refractivity contribution in [3.63, 3.8) is 0 Å². The highest BCUT2D eigenvalue weighted by atomic mass is 35.5. The van der Waals surface area contributed by atoms with Crippen molar-refractivity contribution in [1.29, 1.82) is 0 Å². The molecule has 0 saturated carbocycles. The van der Waals surface area contributed by atoms with Gasteiger partial charge in [-0.15, -0.1) is 0 Å². The number of quaternary nitrogens is 1. The Morgan fingerprint density at radius 2 is 2.17 bits per heavy atom. The Labute approximate surface area is 153 Å². The van der Waals surface area contributed by atoms with Crippen LogP contribution in [0.2, 0.25) is 5.02 Å². The summed E-state index contributed by atoms with van der Waals surface area (Å²) in [5.41, 5.74) is 1.27. The van der Waals surface area contributed by atoms with E-state index in [0.29, 0.717) is 13.0 Å². The van der Waals surface area contributed by atoms with Crippen molar-refractivity contribution in [2.75, 3.05) is 39.8 Å². The van der Waals surface area contributed by atoms with Gasteiger partial charge < -0.3 is 19.9 Å². The number of carbonyl (C=O) groups is 1. The van der Waals surface area contributed by atoms with Crippen LogP contribution in [0.5, 0.6) is 0 Å². The number of ether oxygens (including phenoxy) is 1. The maximum Gasteiger partial charge on any atom is 0.305 e. The quantitative estimate of drug-likeness (QED) is 0.442. The molecule has 5 nitrogen and oxygen atoms in total. The van der Waals surface area contributed by atoms with Gasteiger partial charge in [-0.05, 0) is 30.8 Å². The Hall–Kier alpha value is -1.37. The molecule has 0 atom stereocenters. The Morgan fingerprint density at radius 3 is 2.83 bits per heavy atom. The van der Waals surface area contributed by atoms with Gasteiger partial charge in [-0.2, -0.15) is 0 Å². The van der Waals surface area contributed by atoms with E-state index in [-0.39, 0.29) is 5.97 Å². The van der Waals surface area contributed by atoms with Crippen molar-refractivity contribution >= 4 is 34.9 Å². The second-order valence-corrected chi connectivity index (χ2v) is 6.78. The van der Waals surface area contributed by atoms with E-state index in [9.17, 15) is 4.79 Å². The normalized spacial score (nSPS) is 15.2. The first-order valence-electron chi connectivity index (χ1n) is 8.26. The van der Waals surface area contributed by atoms with Crippen molar-refractivity contribution in [3.05, 3.63) is 34.9 Å². The average Bonchev–Trinajstić information content (AvgIpc) is 2.59. The standard InChI is InChI=1S/C17H24ClN3O2S/c1-23-16(22)6-3-7-19-17(24)21-10-8-20(9-11-21)13-14-4-2-5-15(18)12-14/h2,4-5,12H,3,6-11,13H2,1H3,(H,19,24)/p+1. The summed E-state index contributed by atoms with van der Waals surface area (Å²) in [6, 6.07) is 8.07. The van der Waals surface area contributed by atoms with Crippen molar-refractivity contribution in [2.24, 2.45) is 0 Å². The number of hydrogen-bond donors (Lipinski definition) is 2. The van der Waals surface area contributed by atoms with Gasteiger partial charge in [-0.3, -0.25) is 4.79 Å². The lowest BCUT2D eigenvalue weighted by molar-refractivity contribution is -0.917. The summed E-state index contributed by atoms with van der Waals surface area (Å²) in [4.78, 5) is 14.8. The number of methoxy groups -OCH3 is 1. The molecule has 2 N–H and O–H groups in total. The van der Waals surface area contributed by atoms with E-state index in [0.717, 1.165) is 49.3 Å². The van der Waals surface area contributed by atoms with Gasteiger partial charge in [0.2, 0.25) is 0 Å². The van der Waals surface area contributed by atoms with Gasteiger partial charge in [-0.25, -0.2) is 0 Å². The van der Waals surface area contributed by atoms with E-state index in [4.69, 9.17) is 23.8 Å². The Kier molecular flexibility index (Phi) is 7.75. The van der Waals surface area contributed by atoms with E-state index in [1.165, 1.54) is 12.7 Å². The number of thiocarbonyl (C=S) groups is 1. The molecule has 2 rings (SSSR count).